The molecule has 5 heteroatoms. The number of hydrogen-bond acceptors (Lipinski definition) is 3. The number of carboxylic acids is 1. The number of nitrogens with one attached hydrogen (secondary N) is 1. The Labute approximate surface area is 72.8 Å². The summed E-state index contributed by atoms with van der Waals surface area (Å²) in [7, 11) is 0. The summed E-state index contributed by atoms with van der Waals surface area (Å²) in [4.78, 5) is 20.9. The minimum absolute atomic E-state index is 0.198. The van der Waals surface area contributed by atoms with Crippen molar-refractivity contribution in [2.24, 2.45) is 0 Å². The molecule has 0 saturated carbocycles. The predicted octanol–water partition coefficient (Wildman–Crippen LogP) is 1.40. The van der Waals surface area contributed by atoms with Crippen LogP contribution in [0.1, 0.15) is 17.3 Å². The lowest BCUT2D eigenvalue weighted by atomic mass is 10.3. The van der Waals surface area contributed by atoms with Crippen LogP contribution in [0.3, 0.4) is 0 Å². The largest absolute Gasteiger partial charge is 0.478 e. The van der Waals surface area contributed by atoms with Gasteiger partial charge in [-0.05, 0) is 6.07 Å². The van der Waals surface area contributed by atoms with E-state index in [0.717, 1.165) is 0 Å². The Kier molecular flexibility index (Phi) is 2.44. The second-order valence-electron chi connectivity index (χ2n) is 2.19. The van der Waals surface area contributed by atoms with Crippen LogP contribution in [0, 0.1) is 0 Å². The van der Waals surface area contributed by atoms with E-state index in [1.165, 1.54) is 29.7 Å². The molecular formula is C7H7NO3S. The molecule has 0 saturated heterocycles. The van der Waals surface area contributed by atoms with Crippen LogP contribution in [0.25, 0.3) is 0 Å². The third-order valence-corrected chi connectivity index (χ3v) is 1.99. The Morgan fingerprint density at radius 3 is 2.67 bits per heavy atom. The number of aromatic carboxylic acids is 1. The fourth-order valence-electron chi connectivity index (χ4n) is 0.687. The topological polar surface area (TPSA) is 66.4 Å². The highest BCUT2D eigenvalue weighted by Crippen LogP contribution is 2.19. The summed E-state index contributed by atoms with van der Waals surface area (Å²) >= 11 is 1.19. The Bertz CT molecular complexity index is 318. The number of amides is 1. The molecule has 1 rings (SSSR count). The average molecular weight is 185 g/mol. The molecule has 0 atom stereocenters. The number of rotatable bonds is 2. The second kappa shape index (κ2) is 3.36. The van der Waals surface area contributed by atoms with Gasteiger partial charge in [0.15, 0.2) is 0 Å². The van der Waals surface area contributed by atoms with Crippen LogP contribution in [0.15, 0.2) is 11.4 Å². The smallest absolute Gasteiger partial charge is 0.336 e. The molecule has 1 aromatic heterocycles. The molecule has 0 radical (unpaired) electrons. The highest BCUT2D eigenvalue weighted by Gasteiger charge is 2.06. The van der Waals surface area contributed by atoms with Crippen molar-refractivity contribution in [3.8, 4) is 0 Å². The molecule has 64 valence electrons. The van der Waals surface area contributed by atoms with Gasteiger partial charge in [0.25, 0.3) is 0 Å². The maximum atomic E-state index is 10.5. The van der Waals surface area contributed by atoms with E-state index < -0.39 is 5.97 Å². The molecule has 4 nitrogen and oxygen atoms in total. The van der Waals surface area contributed by atoms with Crippen LogP contribution >= 0.6 is 11.3 Å². The number of carbonyl (C=O) groups excluding carboxylic acids is 1. The molecule has 0 fully saturated rings. The molecule has 0 bridgehead atoms. The minimum atomic E-state index is -0.983. The van der Waals surface area contributed by atoms with Crippen molar-refractivity contribution in [3.63, 3.8) is 0 Å². The lowest BCUT2D eigenvalue weighted by molar-refractivity contribution is -0.114. The lowest BCUT2D eigenvalue weighted by Crippen LogP contribution is -2.03. The van der Waals surface area contributed by atoms with Crippen LogP contribution in [0.4, 0.5) is 5.00 Å². The summed E-state index contributed by atoms with van der Waals surface area (Å²) in [5, 5.41) is 13.1. The van der Waals surface area contributed by atoms with Crippen LogP contribution in [0.2, 0.25) is 0 Å². The van der Waals surface area contributed by atoms with Gasteiger partial charge in [-0.2, -0.15) is 0 Å². The molecule has 1 heterocycles. The number of hydrogen-bond donors (Lipinski definition) is 2. The second-order valence-corrected chi connectivity index (χ2v) is 3.10. The van der Waals surface area contributed by atoms with Crippen LogP contribution in [0.5, 0.6) is 0 Å². The van der Waals surface area contributed by atoms with Gasteiger partial charge >= 0.3 is 5.97 Å². The first-order valence-electron chi connectivity index (χ1n) is 3.19. The maximum Gasteiger partial charge on any atom is 0.336 e. The van der Waals surface area contributed by atoms with Crippen LogP contribution < -0.4 is 5.32 Å². The predicted molar refractivity (Wildman–Crippen MR) is 45.6 cm³/mol. The summed E-state index contributed by atoms with van der Waals surface area (Å²) in [6, 6.07) is 1.42. The third kappa shape index (κ3) is 2.06. The summed E-state index contributed by atoms with van der Waals surface area (Å²) in [5.41, 5.74) is 0.198. The van der Waals surface area contributed by atoms with Crippen LogP contribution in [-0.2, 0) is 4.79 Å². The van der Waals surface area contributed by atoms with Crippen molar-refractivity contribution in [1.29, 1.82) is 0 Å². The van der Waals surface area contributed by atoms with Crippen molar-refractivity contribution >= 4 is 28.2 Å². The Morgan fingerprint density at radius 2 is 2.25 bits per heavy atom. The van der Waals surface area contributed by atoms with Gasteiger partial charge < -0.3 is 10.4 Å². The molecule has 0 unspecified atom stereocenters. The Balaban J connectivity index is 2.77. The Hall–Kier alpha value is -1.36. The van der Waals surface area contributed by atoms with E-state index in [9.17, 15) is 9.59 Å². The zero-order valence-corrected chi connectivity index (χ0v) is 7.14. The molecule has 1 aromatic rings. The van der Waals surface area contributed by atoms with Gasteiger partial charge in [0.2, 0.25) is 5.91 Å². The van der Waals surface area contributed by atoms with E-state index in [1.807, 2.05) is 0 Å². The SMILES string of the molecule is CC(=O)Nc1cc(C(=O)O)cs1. The van der Waals surface area contributed by atoms with Crippen molar-refractivity contribution in [1.82, 2.24) is 0 Å². The maximum absolute atomic E-state index is 10.5. The molecule has 1 amide bonds. The van der Waals surface area contributed by atoms with E-state index in [0.29, 0.717) is 5.00 Å². The van der Waals surface area contributed by atoms with E-state index in [1.54, 1.807) is 0 Å². The highest BCUT2D eigenvalue weighted by atomic mass is 32.1. The molecule has 0 aliphatic carbocycles. The van der Waals surface area contributed by atoms with Crippen LogP contribution in [-0.4, -0.2) is 17.0 Å². The van der Waals surface area contributed by atoms with Gasteiger partial charge in [-0.25, -0.2) is 4.79 Å². The summed E-state index contributed by atoms with van der Waals surface area (Å²) in [5.74, 6) is -1.18. The van der Waals surface area contributed by atoms with Gasteiger partial charge in [0.1, 0.15) is 0 Å². The zero-order valence-electron chi connectivity index (χ0n) is 6.33. The van der Waals surface area contributed by atoms with Gasteiger partial charge in [-0.15, -0.1) is 11.3 Å². The quantitative estimate of drug-likeness (QED) is 0.731. The minimum Gasteiger partial charge on any atom is -0.478 e. The molecule has 12 heavy (non-hydrogen) atoms. The van der Waals surface area contributed by atoms with E-state index >= 15 is 0 Å². The normalized spacial score (nSPS) is 9.42. The molecule has 0 spiro atoms. The summed E-state index contributed by atoms with van der Waals surface area (Å²) < 4.78 is 0. The van der Waals surface area contributed by atoms with Crippen molar-refractivity contribution in [3.05, 3.63) is 17.0 Å². The highest BCUT2D eigenvalue weighted by molar-refractivity contribution is 7.14. The van der Waals surface area contributed by atoms with Crippen molar-refractivity contribution < 1.29 is 14.7 Å². The van der Waals surface area contributed by atoms with Gasteiger partial charge in [-0.3, -0.25) is 4.79 Å². The number of carbonyl (C=O) groups is 2. The third-order valence-electron chi connectivity index (χ3n) is 1.15. The molecule has 0 aromatic carbocycles. The van der Waals surface area contributed by atoms with Crippen molar-refractivity contribution in [2.45, 2.75) is 6.92 Å². The van der Waals surface area contributed by atoms with E-state index in [-0.39, 0.29) is 11.5 Å². The van der Waals surface area contributed by atoms with Gasteiger partial charge in [0, 0.05) is 12.3 Å². The fourth-order valence-corrected chi connectivity index (χ4v) is 1.51. The number of thiophene rings is 1. The van der Waals surface area contributed by atoms with Gasteiger partial charge in [-0.1, -0.05) is 0 Å². The fraction of sp³-hybridized carbons (Fsp3) is 0.143. The number of anilines is 1. The van der Waals surface area contributed by atoms with Gasteiger partial charge in [0.05, 0.1) is 10.6 Å². The zero-order chi connectivity index (χ0) is 9.14. The molecule has 2 N–H and O–H groups in total. The first kappa shape index (κ1) is 8.73. The first-order valence-corrected chi connectivity index (χ1v) is 4.07. The lowest BCUT2D eigenvalue weighted by Gasteiger charge is -1.93. The van der Waals surface area contributed by atoms with E-state index in [4.69, 9.17) is 5.11 Å². The van der Waals surface area contributed by atoms with E-state index in [2.05, 4.69) is 5.32 Å². The molecule has 0 aliphatic rings. The Morgan fingerprint density at radius 1 is 1.58 bits per heavy atom. The monoisotopic (exact) mass is 185 g/mol. The number of carboxylic acid groups (broad SMARTS) is 1. The molecule has 0 aliphatic heterocycles. The van der Waals surface area contributed by atoms with Crippen molar-refractivity contribution in [2.75, 3.05) is 5.32 Å². The molecular weight excluding hydrogens is 178 g/mol. The average Bonchev–Trinajstić information content (AvgIpc) is 2.34. The summed E-state index contributed by atoms with van der Waals surface area (Å²) in [6.07, 6.45) is 0. The standard InChI is InChI=1S/C7H7NO3S/c1-4(9)8-6-2-5(3-12-6)7(10)11/h2-3H,1H3,(H,8,9)(H,10,11). The first-order chi connectivity index (χ1) is 5.59. The summed E-state index contributed by atoms with van der Waals surface area (Å²) in [6.45, 7) is 1.38.